The van der Waals surface area contributed by atoms with Crippen molar-refractivity contribution in [1.29, 1.82) is 0 Å². The van der Waals surface area contributed by atoms with Gasteiger partial charge in [-0.3, -0.25) is 14.5 Å². The molecule has 0 atom stereocenters. The van der Waals surface area contributed by atoms with Crippen LogP contribution in [-0.2, 0) is 11.3 Å². The van der Waals surface area contributed by atoms with Crippen LogP contribution >= 0.6 is 0 Å². The molecule has 0 spiro atoms. The summed E-state index contributed by atoms with van der Waals surface area (Å²) in [6, 6.07) is 11.7. The lowest BCUT2D eigenvalue weighted by atomic mass is 10.0. The standard InChI is InChI=1S/C14H11NO2/c1-9(16)15-8-11-7-6-10-4-2-3-5-12(10)13(11)14(15)17/h2-7H,8H2,1H3. The van der Waals surface area contributed by atoms with Crippen molar-refractivity contribution in [1.82, 2.24) is 4.90 Å². The van der Waals surface area contributed by atoms with Gasteiger partial charge in [-0.15, -0.1) is 0 Å². The zero-order valence-electron chi connectivity index (χ0n) is 9.43. The minimum absolute atomic E-state index is 0.177. The number of hydrogen-bond acceptors (Lipinski definition) is 2. The molecule has 84 valence electrons. The molecule has 3 nitrogen and oxygen atoms in total. The normalized spacial score (nSPS) is 14.2. The lowest BCUT2D eigenvalue weighted by molar-refractivity contribution is -0.126. The molecule has 0 unspecified atom stereocenters. The predicted octanol–water partition coefficient (Wildman–Crippen LogP) is 2.34. The van der Waals surface area contributed by atoms with Gasteiger partial charge in [0, 0.05) is 6.92 Å². The fourth-order valence-electron chi connectivity index (χ4n) is 2.33. The number of benzene rings is 2. The maximum absolute atomic E-state index is 12.2. The molecule has 0 aromatic heterocycles. The number of carbonyl (C=O) groups is 2. The summed E-state index contributed by atoms with van der Waals surface area (Å²) < 4.78 is 0. The Kier molecular flexibility index (Phi) is 2.01. The molecule has 3 rings (SSSR count). The SMILES string of the molecule is CC(=O)N1Cc2ccc3ccccc3c2C1=O. The van der Waals surface area contributed by atoms with Gasteiger partial charge in [-0.05, 0) is 16.3 Å². The molecular formula is C14H11NO2. The molecule has 0 fully saturated rings. The number of rotatable bonds is 0. The lowest BCUT2D eigenvalue weighted by Gasteiger charge is -2.09. The molecule has 3 heteroatoms. The van der Waals surface area contributed by atoms with Crippen LogP contribution in [0.3, 0.4) is 0 Å². The Morgan fingerprint density at radius 3 is 2.71 bits per heavy atom. The maximum atomic E-state index is 12.2. The summed E-state index contributed by atoms with van der Waals surface area (Å²) in [4.78, 5) is 24.8. The smallest absolute Gasteiger partial charge is 0.261 e. The summed E-state index contributed by atoms with van der Waals surface area (Å²) in [5.74, 6) is -0.375. The van der Waals surface area contributed by atoms with Crippen LogP contribution in [0, 0.1) is 0 Å². The molecule has 0 saturated carbocycles. The highest BCUT2D eigenvalue weighted by molar-refractivity contribution is 6.15. The summed E-state index contributed by atoms with van der Waals surface area (Å²) in [6.07, 6.45) is 0. The van der Waals surface area contributed by atoms with Crippen LogP contribution in [0.1, 0.15) is 22.8 Å². The minimum atomic E-state index is -0.199. The van der Waals surface area contributed by atoms with Gasteiger partial charge >= 0.3 is 0 Å². The van der Waals surface area contributed by atoms with Crippen LogP contribution in [0.4, 0.5) is 0 Å². The number of carbonyl (C=O) groups excluding carboxylic acids is 2. The van der Waals surface area contributed by atoms with Gasteiger partial charge in [-0.25, -0.2) is 0 Å². The fraction of sp³-hybridized carbons (Fsp3) is 0.143. The molecular weight excluding hydrogens is 214 g/mol. The van der Waals surface area contributed by atoms with E-state index in [1.165, 1.54) is 11.8 Å². The Morgan fingerprint density at radius 2 is 1.94 bits per heavy atom. The first-order chi connectivity index (χ1) is 8.18. The predicted molar refractivity (Wildman–Crippen MR) is 64.5 cm³/mol. The third kappa shape index (κ3) is 1.35. The molecule has 0 bridgehead atoms. The Hall–Kier alpha value is -2.16. The van der Waals surface area contributed by atoms with Gasteiger partial charge in [-0.2, -0.15) is 0 Å². The van der Waals surface area contributed by atoms with E-state index >= 15 is 0 Å². The highest BCUT2D eigenvalue weighted by atomic mass is 16.2. The Morgan fingerprint density at radius 1 is 1.18 bits per heavy atom. The Labute approximate surface area is 98.6 Å². The molecule has 2 aromatic rings. The highest BCUT2D eigenvalue weighted by Crippen LogP contribution is 2.30. The number of nitrogens with zero attached hydrogens (tertiary/aromatic N) is 1. The second-order valence-electron chi connectivity index (χ2n) is 4.23. The summed E-state index contributed by atoms with van der Waals surface area (Å²) >= 11 is 0. The van der Waals surface area contributed by atoms with Crippen molar-refractivity contribution in [3.8, 4) is 0 Å². The number of amides is 2. The van der Waals surface area contributed by atoms with Gasteiger partial charge in [0.2, 0.25) is 5.91 Å². The molecule has 17 heavy (non-hydrogen) atoms. The summed E-state index contributed by atoms with van der Waals surface area (Å²) in [5, 5.41) is 1.96. The van der Waals surface area contributed by atoms with Gasteiger partial charge in [0.15, 0.2) is 0 Å². The van der Waals surface area contributed by atoms with Gasteiger partial charge in [0.05, 0.1) is 12.1 Å². The maximum Gasteiger partial charge on any atom is 0.261 e. The largest absolute Gasteiger partial charge is 0.275 e. The Bertz CT molecular complexity index is 646. The van der Waals surface area contributed by atoms with Crippen molar-refractivity contribution >= 4 is 22.6 Å². The van der Waals surface area contributed by atoms with E-state index in [9.17, 15) is 9.59 Å². The first-order valence-electron chi connectivity index (χ1n) is 5.51. The third-order valence-electron chi connectivity index (χ3n) is 3.18. The van der Waals surface area contributed by atoms with E-state index in [0.717, 1.165) is 16.3 Å². The van der Waals surface area contributed by atoms with Gasteiger partial charge < -0.3 is 0 Å². The van der Waals surface area contributed by atoms with Crippen molar-refractivity contribution in [2.45, 2.75) is 13.5 Å². The quantitative estimate of drug-likeness (QED) is 0.690. The Balaban J connectivity index is 2.27. The first kappa shape index (κ1) is 10.0. The fourth-order valence-corrected chi connectivity index (χ4v) is 2.33. The van der Waals surface area contributed by atoms with Crippen LogP contribution in [0.15, 0.2) is 36.4 Å². The molecule has 2 aromatic carbocycles. The van der Waals surface area contributed by atoms with E-state index in [1.54, 1.807) is 0 Å². The van der Waals surface area contributed by atoms with E-state index in [4.69, 9.17) is 0 Å². The monoisotopic (exact) mass is 225 g/mol. The molecule has 1 aliphatic rings. The van der Waals surface area contributed by atoms with Crippen molar-refractivity contribution in [2.75, 3.05) is 0 Å². The highest BCUT2D eigenvalue weighted by Gasteiger charge is 2.31. The average Bonchev–Trinajstić information content (AvgIpc) is 2.67. The van der Waals surface area contributed by atoms with Crippen molar-refractivity contribution in [3.05, 3.63) is 47.5 Å². The number of fused-ring (bicyclic) bond motifs is 3. The first-order valence-corrected chi connectivity index (χ1v) is 5.51. The van der Waals surface area contributed by atoms with Crippen LogP contribution < -0.4 is 0 Å². The topological polar surface area (TPSA) is 37.4 Å². The summed E-state index contributed by atoms with van der Waals surface area (Å²) in [5.41, 5.74) is 1.61. The van der Waals surface area contributed by atoms with Crippen LogP contribution in [0.25, 0.3) is 10.8 Å². The van der Waals surface area contributed by atoms with E-state index in [-0.39, 0.29) is 11.8 Å². The van der Waals surface area contributed by atoms with Crippen molar-refractivity contribution in [3.63, 3.8) is 0 Å². The van der Waals surface area contributed by atoms with Crippen LogP contribution in [0.2, 0.25) is 0 Å². The van der Waals surface area contributed by atoms with Gasteiger partial charge in [-0.1, -0.05) is 36.4 Å². The number of hydrogen-bond donors (Lipinski definition) is 0. The van der Waals surface area contributed by atoms with E-state index in [2.05, 4.69) is 0 Å². The number of imide groups is 1. The van der Waals surface area contributed by atoms with Crippen molar-refractivity contribution in [2.24, 2.45) is 0 Å². The zero-order valence-corrected chi connectivity index (χ0v) is 9.43. The second kappa shape index (κ2) is 3.42. The average molecular weight is 225 g/mol. The zero-order chi connectivity index (χ0) is 12.0. The van der Waals surface area contributed by atoms with E-state index < -0.39 is 0 Å². The van der Waals surface area contributed by atoms with E-state index in [0.29, 0.717) is 12.1 Å². The van der Waals surface area contributed by atoms with Gasteiger partial charge in [0.1, 0.15) is 0 Å². The molecule has 0 N–H and O–H groups in total. The molecule has 0 saturated heterocycles. The minimum Gasteiger partial charge on any atom is -0.275 e. The third-order valence-corrected chi connectivity index (χ3v) is 3.18. The van der Waals surface area contributed by atoms with Gasteiger partial charge in [0.25, 0.3) is 5.91 Å². The van der Waals surface area contributed by atoms with Crippen LogP contribution in [-0.4, -0.2) is 16.7 Å². The van der Waals surface area contributed by atoms with Crippen molar-refractivity contribution < 1.29 is 9.59 Å². The molecule has 1 aliphatic heterocycles. The second-order valence-corrected chi connectivity index (χ2v) is 4.23. The van der Waals surface area contributed by atoms with Crippen LogP contribution in [0.5, 0.6) is 0 Å². The molecule has 0 radical (unpaired) electrons. The summed E-state index contributed by atoms with van der Waals surface area (Å²) in [7, 11) is 0. The molecule has 0 aliphatic carbocycles. The van der Waals surface area contributed by atoms with E-state index in [1.807, 2.05) is 36.4 Å². The molecule has 2 amide bonds. The lowest BCUT2D eigenvalue weighted by Crippen LogP contribution is -2.28. The summed E-state index contributed by atoms with van der Waals surface area (Å²) in [6.45, 7) is 1.82. The molecule has 1 heterocycles.